The van der Waals surface area contributed by atoms with Crippen LogP contribution in [0, 0.1) is 0 Å². The molecule has 0 unspecified atom stereocenters. The molecule has 0 saturated carbocycles. The van der Waals surface area contributed by atoms with E-state index in [4.69, 9.17) is 9.47 Å². The van der Waals surface area contributed by atoms with Crippen molar-refractivity contribution in [1.82, 2.24) is 20.1 Å². The Balaban J connectivity index is 1.28. The first-order valence-corrected chi connectivity index (χ1v) is 9.73. The normalized spacial score (nSPS) is 16.0. The van der Waals surface area contributed by atoms with Crippen LogP contribution in [-0.2, 0) is 6.42 Å². The number of aromatic nitrogens is 3. The Labute approximate surface area is 169 Å². The van der Waals surface area contributed by atoms with E-state index in [1.807, 2.05) is 29.2 Å². The largest absolute Gasteiger partial charge is 0.497 e. The van der Waals surface area contributed by atoms with E-state index in [1.54, 1.807) is 31.6 Å². The number of benzene rings is 1. The number of likely N-dealkylation sites (tertiary alicyclic amines) is 1. The highest BCUT2D eigenvalue weighted by Gasteiger charge is 2.29. The van der Waals surface area contributed by atoms with Crippen molar-refractivity contribution in [2.75, 3.05) is 26.8 Å². The first-order valence-electron chi connectivity index (χ1n) is 9.73. The van der Waals surface area contributed by atoms with Gasteiger partial charge in [0, 0.05) is 49.1 Å². The quantitative estimate of drug-likeness (QED) is 0.668. The van der Waals surface area contributed by atoms with E-state index in [-0.39, 0.29) is 11.8 Å². The van der Waals surface area contributed by atoms with Crippen molar-refractivity contribution < 1.29 is 14.3 Å². The van der Waals surface area contributed by atoms with E-state index < -0.39 is 0 Å². The lowest BCUT2D eigenvalue weighted by atomic mass is 10.0. The molecular formula is C22H24N4O3. The van der Waals surface area contributed by atoms with Crippen LogP contribution in [0.3, 0.4) is 0 Å². The van der Waals surface area contributed by atoms with Gasteiger partial charge in [0.15, 0.2) is 0 Å². The van der Waals surface area contributed by atoms with E-state index >= 15 is 0 Å². The third-order valence-corrected chi connectivity index (χ3v) is 5.17. The number of nitrogens with zero attached hydrogens (tertiary/aromatic N) is 3. The predicted molar refractivity (Wildman–Crippen MR) is 108 cm³/mol. The molecular weight excluding hydrogens is 368 g/mol. The fraction of sp³-hybridized carbons (Fsp3) is 0.318. The minimum absolute atomic E-state index is 0.0542. The third-order valence-electron chi connectivity index (χ3n) is 5.17. The molecule has 7 heteroatoms. The van der Waals surface area contributed by atoms with Gasteiger partial charge in [0.1, 0.15) is 11.5 Å². The SMILES string of the molecule is COc1ccc(OCCc2cc([C@@H]3CCN(C(=O)c4ccncc4)C3)n[nH]2)cc1. The van der Waals surface area contributed by atoms with Gasteiger partial charge in [-0.15, -0.1) is 0 Å². The molecule has 2 aromatic heterocycles. The number of methoxy groups -OCH3 is 1. The molecule has 0 aliphatic carbocycles. The van der Waals surface area contributed by atoms with Crippen LogP contribution in [0.4, 0.5) is 0 Å². The van der Waals surface area contributed by atoms with E-state index in [9.17, 15) is 4.79 Å². The second-order valence-corrected chi connectivity index (χ2v) is 7.06. The topological polar surface area (TPSA) is 80.3 Å². The number of pyridine rings is 1. The molecule has 1 saturated heterocycles. The molecule has 1 aliphatic rings. The Bertz CT molecular complexity index is 940. The molecule has 150 valence electrons. The fourth-order valence-corrected chi connectivity index (χ4v) is 3.53. The summed E-state index contributed by atoms with van der Waals surface area (Å²) in [7, 11) is 1.64. The molecule has 1 amide bonds. The molecule has 0 spiro atoms. The molecule has 3 aromatic rings. The van der Waals surface area contributed by atoms with Crippen molar-refractivity contribution in [3.63, 3.8) is 0 Å². The highest BCUT2D eigenvalue weighted by Crippen LogP contribution is 2.27. The van der Waals surface area contributed by atoms with Gasteiger partial charge in [-0.1, -0.05) is 0 Å². The van der Waals surface area contributed by atoms with Gasteiger partial charge < -0.3 is 14.4 Å². The predicted octanol–water partition coefficient (Wildman–Crippen LogP) is 3.06. The lowest BCUT2D eigenvalue weighted by molar-refractivity contribution is 0.0790. The minimum Gasteiger partial charge on any atom is -0.497 e. The first kappa shape index (κ1) is 19.0. The van der Waals surface area contributed by atoms with E-state index in [2.05, 4.69) is 21.2 Å². The molecule has 29 heavy (non-hydrogen) atoms. The fourth-order valence-electron chi connectivity index (χ4n) is 3.53. The molecule has 3 heterocycles. The monoisotopic (exact) mass is 392 g/mol. The summed E-state index contributed by atoms with van der Waals surface area (Å²) in [6.07, 6.45) is 4.96. The van der Waals surface area contributed by atoms with Gasteiger partial charge in [-0.2, -0.15) is 5.10 Å². The van der Waals surface area contributed by atoms with Crippen LogP contribution in [0.5, 0.6) is 11.5 Å². The van der Waals surface area contributed by atoms with Gasteiger partial charge in [-0.05, 0) is 48.9 Å². The minimum atomic E-state index is 0.0542. The Morgan fingerprint density at radius 3 is 2.69 bits per heavy atom. The molecule has 1 N–H and O–H groups in total. The number of hydrogen-bond acceptors (Lipinski definition) is 5. The summed E-state index contributed by atoms with van der Waals surface area (Å²) >= 11 is 0. The zero-order valence-electron chi connectivity index (χ0n) is 16.4. The molecule has 1 atom stereocenters. The van der Waals surface area contributed by atoms with Crippen molar-refractivity contribution in [3.05, 3.63) is 71.8 Å². The molecule has 0 bridgehead atoms. The van der Waals surface area contributed by atoms with Crippen LogP contribution < -0.4 is 9.47 Å². The summed E-state index contributed by atoms with van der Waals surface area (Å²) < 4.78 is 10.9. The summed E-state index contributed by atoms with van der Waals surface area (Å²) in [5, 5.41) is 7.57. The lowest BCUT2D eigenvalue weighted by Gasteiger charge is -2.15. The summed E-state index contributed by atoms with van der Waals surface area (Å²) in [4.78, 5) is 18.5. The molecule has 1 fully saturated rings. The zero-order valence-corrected chi connectivity index (χ0v) is 16.4. The van der Waals surface area contributed by atoms with E-state index in [0.29, 0.717) is 18.7 Å². The van der Waals surface area contributed by atoms with Crippen molar-refractivity contribution in [1.29, 1.82) is 0 Å². The molecule has 1 aromatic carbocycles. The van der Waals surface area contributed by atoms with Crippen molar-refractivity contribution in [2.45, 2.75) is 18.8 Å². The number of ether oxygens (including phenoxy) is 2. The van der Waals surface area contributed by atoms with Crippen LogP contribution in [0.2, 0.25) is 0 Å². The maximum Gasteiger partial charge on any atom is 0.253 e. The molecule has 1 aliphatic heterocycles. The second-order valence-electron chi connectivity index (χ2n) is 7.06. The Morgan fingerprint density at radius 2 is 1.93 bits per heavy atom. The van der Waals surface area contributed by atoms with Crippen molar-refractivity contribution in [2.24, 2.45) is 0 Å². The average molecular weight is 392 g/mol. The number of amides is 1. The van der Waals surface area contributed by atoms with Crippen LogP contribution in [0.1, 0.15) is 34.1 Å². The number of H-pyrrole nitrogens is 1. The molecule has 4 rings (SSSR count). The Hall–Kier alpha value is -3.35. The molecule has 7 nitrogen and oxygen atoms in total. The number of hydrogen-bond donors (Lipinski definition) is 1. The summed E-state index contributed by atoms with van der Waals surface area (Å²) in [5.74, 6) is 1.93. The maximum atomic E-state index is 12.6. The Morgan fingerprint density at radius 1 is 1.17 bits per heavy atom. The van der Waals surface area contributed by atoms with Gasteiger partial charge in [-0.25, -0.2) is 0 Å². The second kappa shape index (κ2) is 8.77. The lowest BCUT2D eigenvalue weighted by Crippen LogP contribution is -2.28. The zero-order chi connectivity index (χ0) is 20.1. The Kier molecular flexibility index (Phi) is 5.74. The van der Waals surface area contributed by atoms with Gasteiger partial charge in [0.25, 0.3) is 5.91 Å². The third kappa shape index (κ3) is 4.56. The average Bonchev–Trinajstić information content (AvgIpc) is 3.44. The van der Waals surface area contributed by atoms with Crippen LogP contribution in [-0.4, -0.2) is 52.8 Å². The van der Waals surface area contributed by atoms with Gasteiger partial charge >= 0.3 is 0 Å². The number of rotatable bonds is 7. The molecule has 0 radical (unpaired) electrons. The highest BCUT2D eigenvalue weighted by molar-refractivity contribution is 5.94. The smallest absolute Gasteiger partial charge is 0.253 e. The van der Waals surface area contributed by atoms with Gasteiger partial charge in [0.2, 0.25) is 0 Å². The van der Waals surface area contributed by atoms with Gasteiger partial charge in [0.05, 0.1) is 19.4 Å². The summed E-state index contributed by atoms with van der Waals surface area (Å²) in [6, 6.07) is 13.1. The van der Waals surface area contributed by atoms with Crippen molar-refractivity contribution >= 4 is 5.91 Å². The van der Waals surface area contributed by atoms with E-state index in [0.717, 1.165) is 42.3 Å². The van der Waals surface area contributed by atoms with E-state index in [1.165, 1.54) is 0 Å². The summed E-state index contributed by atoms with van der Waals surface area (Å²) in [5.41, 5.74) is 2.72. The summed E-state index contributed by atoms with van der Waals surface area (Å²) in [6.45, 7) is 1.99. The highest BCUT2D eigenvalue weighted by atomic mass is 16.5. The number of carbonyl (C=O) groups excluding carboxylic acids is 1. The number of nitrogens with one attached hydrogen (secondary N) is 1. The van der Waals surface area contributed by atoms with Crippen LogP contribution >= 0.6 is 0 Å². The van der Waals surface area contributed by atoms with Gasteiger partial charge in [-0.3, -0.25) is 14.9 Å². The first-order chi connectivity index (χ1) is 14.2. The standard InChI is InChI=1S/C22H24N4O3/c1-28-19-2-4-20(5-3-19)29-13-9-18-14-21(25-24-18)17-8-12-26(15-17)22(27)16-6-10-23-11-7-16/h2-7,10-11,14,17H,8-9,12-13,15H2,1H3,(H,24,25)/t17-/m1/s1. The van der Waals surface area contributed by atoms with Crippen molar-refractivity contribution in [3.8, 4) is 11.5 Å². The van der Waals surface area contributed by atoms with Crippen LogP contribution in [0.15, 0.2) is 54.9 Å². The number of carbonyl (C=O) groups is 1. The van der Waals surface area contributed by atoms with Crippen LogP contribution in [0.25, 0.3) is 0 Å². The number of aromatic amines is 1. The maximum absolute atomic E-state index is 12.6.